The number of methoxy groups -OCH3 is 1. The summed E-state index contributed by atoms with van der Waals surface area (Å²) in [6.45, 7) is 0.221. The summed E-state index contributed by atoms with van der Waals surface area (Å²) in [5, 5.41) is 1.74. The van der Waals surface area contributed by atoms with Gasteiger partial charge in [0.25, 0.3) is 11.1 Å². The number of thioether (sulfide) groups is 1. The number of halogens is 2. The number of carbonyl (C=O) groups is 2. The number of fused-ring (bicyclic) bond motifs is 1. The molecule has 5 rings (SSSR count). The summed E-state index contributed by atoms with van der Waals surface area (Å²) in [6, 6.07) is 23.5. The van der Waals surface area contributed by atoms with Crippen LogP contribution in [0.25, 0.3) is 16.8 Å². The van der Waals surface area contributed by atoms with Crippen LogP contribution < -0.4 is 9.47 Å². The number of hydrogen-bond acceptors (Lipinski definition) is 5. The highest BCUT2D eigenvalue weighted by Gasteiger charge is 2.35. The lowest BCUT2D eigenvalue weighted by molar-refractivity contribution is -0.123. The van der Waals surface area contributed by atoms with Gasteiger partial charge in [-0.1, -0.05) is 76.6 Å². The van der Waals surface area contributed by atoms with Gasteiger partial charge in [0, 0.05) is 10.0 Å². The molecule has 0 spiro atoms. The first-order chi connectivity index (χ1) is 17.9. The molecule has 2 amide bonds. The second-order valence-electron chi connectivity index (χ2n) is 8.31. The van der Waals surface area contributed by atoms with Crippen LogP contribution in [-0.4, -0.2) is 23.2 Å². The molecule has 8 heteroatoms. The van der Waals surface area contributed by atoms with Crippen molar-refractivity contribution in [2.45, 2.75) is 13.2 Å². The summed E-state index contributed by atoms with van der Waals surface area (Å²) < 4.78 is 25.9. The van der Waals surface area contributed by atoms with Crippen molar-refractivity contribution in [2.24, 2.45) is 0 Å². The van der Waals surface area contributed by atoms with Crippen molar-refractivity contribution in [1.29, 1.82) is 0 Å². The van der Waals surface area contributed by atoms with Crippen LogP contribution >= 0.6 is 27.7 Å². The number of benzene rings is 4. The first-order valence-corrected chi connectivity index (χ1v) is 13.0. The molecule has 0 aromatic heterocycles. The fourth-order valence-corrected chi connectivity index (χ4v) is 5.35. The summed E-state index contributed by atoms with van der Waals surface area (Å²) in [6.07, 6.45) is 1.65. The Morgan fingerprint density at radius 2 is 1.68 bits per heavy atom. The molecule has 0 N–H and O–H groups in total. The highest BCUT2D eigenvalue weighted by Crippen LogP contribution is 2.39. The number of imide groups is 1. The summed E-state index contributed by atoms with van der Waals surface area (Å²) >= 11 is 4.42. The van der Waals surface area contributed by atoms with Crippen LogP contribution in [0.1, 0.15) is 16.7 Å². The third-order valence-electron chi connectivity index (χ3n) is 5.99. The third-order valence-corrected chi connectivity index (χ3v) is 7.59. The molecule has 1 saturated heterocycles. The maximum atomic E-state index is 14.0. The lowest BCUT2D eigenvalue weighted by atomic mass is 10.0. The average molecular weight is 578 g/mol. The fraction of sp³-hybridized carbons (Fsp3) is 0.103. The van der Waals surface area contributed by atoms with Crippen molar-refractivity contribution < 1.29 is 23.5 Å². The molecule has 0 radical (unpaired) electrons. The lowest BCUT2D eigenvalue weighted by Crippen LogP contribution is -2.27. The van der Waals surface area contributed by atoms with Gasteiger partial charge in [-0.2, -0.15) is 0 Å². The number of nitrogens with zero attached hydrogens (tertiary/aromatic N) is 1. The van der Waals surface area contributed by atoms with E-state index in [1.807, 2.05) is 42.5 Å². The molecule has 0 atom stereocenters. The zero-order valence-corrected chi connectivity index (χ0v) is 22.1. The molecule has 4 aromatic rings. The SMILES string of the molecule is COc1cc(/C=C2/SC(=O)N(Cc3cccc4ccccc34)C2=O)c(Br)cc1OCc1ccccc1F. The van der Waals surface area contributed by atoms with Crippen LogP contribution in [0.4, 0.5) is 9.18 Å². The Morgan fingerprint density at radius 3 is 2.49 bits per heavy atom. The Labute approximate surface area is 226 Å². The average Bonchev–Trinajstić information content (AvgIpc) is 3.17. The molecular weight excluding hydrogens is 557 g/mol. The first-order valence-electron chi connectivity index (χ1n) is 11.4. The van der Waals surface area contributed by atoms with Crippen molar-refractivity contribution in [3.8, 4) is 11.5 Å². The van der Waals surface area contributed by atoms with Gasteiger partial charge in [-0.15, -0.1) is 0 Å². The van der Waals surface area contributed by atoms with E-state index in [2.05, 4.69) is 15.9 Å². The summed E-state index contributed by atoms with van der Waals surface area (Å²) in [5.74, 6) is 0.129. The maximum Gasteiger partial charge on any atom is 0.293 e. The quantitative estimate of drug-likeness (QED) is 0.212. The van der Waals surface area contributed by atoms with Crippen LogP contribution in [0.2, 0.25) is 0 Å². The molecule has 1 fully saturated rings. The molecule has 0 unspecified atom stereocenters. The largest absolute Gasteiger partial charge is 0.493 e. The molecular formula is C29H21BrFNO4S. The minimum atomic E-state index is -0.353. The Bertz CT molecular complexity index is 1550. The number of rotatable bonds is 7. The molecule has 1 aliphatic rings. The second kappa shape index (κ2) is 10.8. The number of ether oxygens (including phenoxy) is 2. The maximum absolute atomic E-state index is 14.0. The minimum absolute atomic E-state index is 0.0296. The van der Waals surface area contributed by atoms with E-state index < -0.39 is 0 Å². The number of amides is 2. The van der Waals surface area contributed by atoms with Gasteiger partial charge in [0.15, 0.2) is 11.5 Å². The van der Waals surface area contributed by atoms with Crippen LogP contribution in [0, 0.1) is 5.82 Å². The molecule has 5 nitrogen and oxygen atoms in total. The summed E-state index contributed by atoms with van der Waals surface area (Å²) in [7, 11) is 1.50. The van der Waals surface area contributed by atoms with Crippen molar-refractivity contribution >= 4 is 55.7 Å². The van der Waals surface area contributed by atoms with E-state index in [0.29, 0.717) is 32.0 Å². The third kappa shape index (κ3) is 5.26. The van der Waals surface area contributed by atoms with E-state index >= 15 is 0 Å². The molecule has 1 heterocycles. The van der Waals surface area contributed by atoms with Crippen molar-refractivity contribution in [3.05, 3.63) is 111 Å². The summed E-state index contributed by atoms with van der Waals surface area (Å²) in [5.41, 5.74) is 1.97. The van der Waals surface area contributed by atoms with Crippen molar-refractivity contribution in [2.75, 3.05) is 7.11 Å². The monoisotopic (exact) mass is 577 g/mol. The Morgan fingerprint density at radius 1 is 0.946 bits per heavy atom. The van der Waals surface area contributed by atoms with Crippen LogP contribution in [0.3, 0.4) is 0 Å². The van der Waals surface area contributed by atoms with E-state index in [1.165, 1.54) is 18.1 Å². The van der Waals surface area contributed by atoms with Gasteiger partial charge < -0.3 is 9.47 Å². The Kier molecular flexibility index (Phi) is 7.30. The van der Waals surface area contributed by atoms with Crippen molar-refractivity contribution in [3.63, 3.8) is 0 Å². The van der Waals surface area contributed by atoms with Gasteiger partial charge in [0.1, 0.15) is 12.4 Å². The van der Waals surface area contributed by atoms with Gasteiger partial charge >= 0.3 is 0 Å². The normalized spacial score (nSPS) is 14.6. The van der Waals surface area contributed by atoms with Gasteiger partial charge in [0.05, 0.1) is 18.6 Å². The van der Waals surface area contributed by atoms with E-state index in [4.69, 9.17) is 9.47 Å². The summed E-state index contributed by atoms with van der Waals surface area (Å²) in [4.78, 5) is 27.5. The Hall–Kier alpha value is -3.62. The number of carbonyl (C=O) groups excluding carboxylic acids is 2. The van der Waals surface area contributed by atoms with Crippen LogP contribution in [0.15, 0.2) is 88.2 Å². The molecule has 186 valence electrons. The van der Waals surface area contributed by atoms with E-state index in [0.717, 1.165) is 28.1 Å². The van der Waals surface area contributed by atoms with Gasteiger partial charge in [-0.3, -0.25) is 14.5 Å². The molecule has 37 heavy (non-hydrogen) atoms. The van der Waals surface area contributed by atoms with E-state index in [-0.39, 0.29) is 30.1 Å². The zero-order chi connectivity index (χ0) is 25.9. The molecule has 4 aromatic carbocycles. The predicted molar refractivity (Wildman–Crippen MR) is 147 cm³/mol. The molecule has 1 aliphatic heterocycles. The van der Waals surface area contributed by atoms with E-state index in [1.54, 1.807) is 36.4 Å². The topological polar surface area (TPSA) is 55.8 Å². The molecule has 0 bridgehead atoms. The van der Waals surface area contributed by atoms with Gasteiger partial charge in [-0.05, 0) is 57.9 Å². The van der Waals surface area contributed by atoms with Crippen LogP contribution in [0.5, 0.6) is 11.5 Å². The highest BCUT2D eigenvalue weighted by atomic mass is 79.9. The fourth-order valence-electron chi connectivity index (χ4n) is 4.08. The number of hydrogen-bond donors (Lipinski definition) is 0. The second-order valence-corrected chi connectivity index (χ2v) is 10.2. The standard InChI is InChI=1S/C29H21BrFNO4S/c1-35-25-13-21(23(30)15-26(25)36-17-20-8-3-5-12-24(20)31)14-27-28(33)32(29(34)37-27)16-19-10-6-9-18-7-2-4-11-22(18)19/h2-15H,16-17H2,1H3/b27-14+. The predicted octanol–water partition coefficient (Wildman–Crippen LogP) is 7.57. The van der Waals surface area contributed by atoms with Crippen molar-refractivity contribution in [1.82, 2.24) is 4.90 Å². The smallest absolute Gasteiger partial charge is 0.293 e. The Balaban J connectivity index is 1.38. The lowest BCUT2D eigenvalue weighted by Gasteiger charge is -2.14. The van der Waals surface area contributed by atoms with Crippen LogP contribution in [-0.2, 0) is 17.9 Å². The van der Waals surface area contributed by atoms with Gasteiger partial charge in [-0.25, -0.2) is 4.39 Å². The highest BCUT2D eigenvalue weighted by molar-refractivity contribution is 9.10. The molecule has 0 saturated carbocycles. The first kappa shape index (κ1) is 25.0. The van der Waals surface area contributed by atoms with E-state index in [9.17, 15) is 14.0 Å². The molecule has 0 aliphatic carbocycles. The van der Waals surface area contributed by atoms with Gasteiger partial charge in [0.2, 0.25) is 0 Å². The zero-order valence-electron chi connectivity index (χ0n) is 19.7. The minimum Gasteiger partial charge on any atom is -0.493 e.